The van der Waals surface area contributed by atoms with E-state index in [1.54, 1.807) is 0 Å². The van der Waals surface area contributed by atoms with E-state index in [-0.39, 0.29) is 19.2 Å². The van der Waals surface area contributed by atoms with Crippen molar-refractivity contribution in [2.75, 3.05) is 26.4 Å². The highest BCUT2D eigenvalue weighted by molar-refractivity contribution is 5.69. The average molecular weight is 941 g/mol. The summed E-state index contributed by atoms with van der Waals surface area (Å²) >= 11 is 0. The Labute approximate surface area is 410 Å². The molecule has 1 aliphatic heterocycles. The van der Waals surface area contributed by atoms with Crippen molar-refractivity contribution < 1.29 is 44.2 Å². The summed E-state index contributed by atoms with van der Waals surface area (Å²) in [4.78, 5) is 12.9. The Morgan fingerprint density at radius 1 is 0.493 bits per heavy atom. The van der Waals surface area contributed by atoms with E-state index in [0.29, 0.717) is 13.0 Å². The van der Waals surface area contributed by atoms with E-state index in [2.05, 4.69) is 98.9 Å². The summed E-state index contributed by atoms with van der Waals surface area (Å²) < 4.78 is 22.9. The number of unbranched alkanes of at least 4 members (excludes halogenated alkanes) is 21. The van der Waals surface area contributed by atoms with Gasteiger partial charge in [0.05, 0.1) is 19.8 Å². The van der Waals surface area contributed by atoms with Crippen LogP contribution >= 0.6 is 0 Å². The number of aliphatic hydroxyl groups excluding tert-OH is 4. The van der Waals surface area contributed by atoms with Gasteiger partial charge >= 0.3 is 5.97 Å². The minimum absolute atomic E-state index is 0.125. The molecule has 4 N–H and O–H groups in total. The Morgan fingerprint density at radius 2 is 0.910 bits per heavy atom. The maximum absolute atomic E-state index is 12.9. The number of carbonyl (C=O) groups excluding carboxylic acids is 1. The molecule has 6 unspecified atom stereocenters. The van der Waals surface area contributed by atoms with Crippen molar-refractivity contribution in [2.45, 2.75) is 250 Å². The van der Waals surface area contributed by atoms with Crippen LogP contribution in [0.15, 0.2) is 85.1 Å². The molecule has 1 fully saturated rings. The number of aliphatic hydroxyl groups is 4. The van der Waals surface area contributed by atoms with Crippen molar-refractivity contribution in [2.24, 2.45) is 0 Å². The Bertz CT molecular complexity index is 1300. The van der Waals surface area contributed by atoms with E-state index < -0.39 is 43.4 Å². The van der Waals surface area contributed by atoms with Gasteiger partial charge in [0.15, 0.2) is 6.29 Å². The van der Waals surface area contributed by atoms with E-state index >= 15 is 0 Å². The summed E-state index contributed by atoms with van der Waals surface area (Å²) in [5.74, 6) is -0.330. The van der Waals surface area contributed by atoms with Gasteiger partial charge in [0.1, 0.15) is 30.5 Å². The predicted molar refractivity (Wildman–Crippen MR) is 279 cm³/mol. The van der Waals surface area contributed by atoms with Crippen LogP contribution in [0.2, 0.25) is 0 Å². The predicted octanol–water partition coefficient (Wildman–Crippen LogP) is 13.8. The minimum Gasteiger partial charge on any atom is -0.457 e. The van der Waals surface area contributed by atoms with Crippen LogP contribution in [0.5, 0.6) is 0 Å². The summed E-state index contributed by atoms with van der Waals surface area (Å²) in [7, 11) is 0. The topological polar surface area (TPSA) is 135 Å². The Morgan fingerprint density at radius 3 is 1.39 bits per heavy atom. The molecule has 0 saturated carbocycles. The SMILES string of the molecule is CC/C=C\C/C=C\C/C=C\C/C=C\C/C=C\C/C=C\CCCCCCCCC(=O)OC(COCCCCCCCCCC/C=C\CCCCCCCCC)COC1OC(CO)C(O)C(O)C1O. The minimum atomic E-state index is -1.55. The van der Waals surface area contributed by atoms with Gasteiger partial charge in [-0.05, 0) is 89.9 Å². The molecule has 0 aliphatic carbocycles. The highest BCUT2D eigenvalue weighted by atomic mass is 16.7. The summed E-state index contributed by atoms with van der Waals surface area (Å²) in [5, 5.41) is 40.3. The first-order valence-electron chi connectivity index (χ1n) is 27.2. The smallest absolute Gasteiger partial charge is 0.306 e. The van der Waals surface area contributed by atoms with Crippen LogP contribution in [0.1, 0.15) is 213 Å². The van der Waals surface area contributed by atoms with Crippen LogP contribution in [0.25, 0.3) is 0 Å². The van der Waals surface area contributed by atoms with Gasteiger partial charge in [0.2, 0.25) is 0 Å². The molecule has 0 bridgehead atoms. The molecule has 1 aliphatic rings. The number of ether oxygens (including phenoxy) is 4. The van der Waals surface area contributed by atoms with E-state index in [9.17, 15) is 25.2 Å². The zero-order valence-electron chi connectivity index (χ0n) is 42.6. The lowest BCUT2D eigenvalue weighted by Gasteiger charge is -2.39. The zero-order chi connectivity index (χ0) is 48.5. The van der Waals surface area contributed by atoms with Crippen molar-refractivity contribution in [1.82, 2.24) is 0 Å². The monoisotopic (exact) mass is 941 g/mol. The first-order chi connectivity index (χ1) is 32.9. The molecule has 0 aromatic rings. The van der Waals surface area contributed by atoms with Crippen LogP contribution in [-0.2, 0) is 23.7 Å². The number of rotatable bonds is 46. The van der Waals surface area contributed by atoms with Crippen molar-refractivity contribution >= 4 is 5.97 Å². The Balaban J connectivity index is 2.21. The molecule has 1 rings (SSSR count). The van der Waals surface area contributed by atoms with Crippen molar-refractivity contribution in [3.05, 3.63) is 85.1 Å². The molecule has 0 spiro atoms. The summed E-state index contributed by atoms with van der Waals surface area (Å²) in [6.45, 7) is 4.43. The number of hydrogen-bond acceptors (Lipinski definition) is 9. The van der Waals surface area contributed by atoms with Crippen molar-refractivity contribution in [3.8, 4) is 0 Å². The van der Waals surface area contributed by atoms with Crippen molar-refractivity contribution in [3.63, 3.8) is 0 Å². The summed E-state index contributed by atoms with van der Waals surface area (Å²) in [6, 6.07) is 0. The van der Waals surface area contributed by atoms with Crippen molar-refractivity contribution in [1.29, 1.82) is 0 Å². The fourth-order valence-electron chi connectivity index (χ4n) is 7.84. The number of carbonyl (C=O) groups is 1. The molecule has 0 aromatic heterocycles. The fraction of sp³-hybridized carbons (Fsp3) is 0.741. The van der Waals surface area contributed by atoms with Crippen LogP contribution < -0.4 is 0 Å². The van der Waals surface area contributed by atoms with Crippen LogP contribution in [0, 0.1) is 0 Å². The van der Waals surface area contributed by atoms with Gasteiger partial charge in [0, 0.05) is 13.0 Å². The second kappa shape index (κ2) is 48.4. The first-order valence-corrected chi connectivity index (χ1v) is 27.2. The second-order valence-corrected chi connectivity index (χ2v) is 18.3. The maximum atomic E-state index is 12.9. The highest BCUT2D eigenvalue weighted by Crippen LogP contribution is 2.23. The first kappa shape index (κ1) is 62.4. The lowest BCUT2D eigenvalue weighted by atomic mass is 9.99. The van der Waals surface area contributed by atoms with E-state index in [1.165, 1.54) is 103 Å². The van der Waals surface area contributed by atoms with Gasteiger partial charge in [-0.25, -0.2) is 0 Å². The highest BCUT2D eigenvalue weighted by Gasteiger charge is 2.44. The lowest BCUT2D eigenvalue weighted by Crippen LogP contribution is -2.59. The standard InChI is InChI=1S/C58H100O9/c1-3-5-7-9-11-13-15-17-19-21-23-24-25-26-27-28-29-31-33-35-37-39-41-43-45-47-54(60)66-52(51-65-58-57(63)56(62)55(61)53(49-59)67-58)50-64-48-46-44-42-40-38-36-34-32-30-22-20-18-16-14-12-10-8-6-4-2/h5,7,11,13,17,19-20,22-24,26-27,29,31,52-53,55-59,61-63H,3-4,6,8-10,12,14-16,18,21,25,28,30,32-51H2,1-2H3/b7-5-,13-11-,19-17-,22-20-,24-23-,27-26-,31-29-. The fourth-order valence-corrected chi connectivity index (χ4v) is 7.84. The molecule has 6 atom stereocenters. The molecule has 1 saturated heterocycles. The lowest BCUT2D eigenvalue weighted by molar-refractivity contribution is -0.305. The van der Waals surface area contributed by atoms with Gasteiger partial charge in [-0.1, -0.05) is 202 Å². The van der Waals surface area contributed by atoms with Crippen LogP contribution in [0.4, 0.5) is 0 Å². The molecule has 0 radical (unpaired) electrons. The normalized spacial score (nSPS) is 19.9. The Kier molecular flexibility index (Phi) is 45.1. The maximum Gasteiger partial charge on any atom is 0.306 e. The molecule has 1 heterocycles. The molecule has 386 valence electrons. The van der Waals surface area contributed by atoms with Gasteiger partial charge in [0.25, 0.3) is 0 Å². The Hall–Kier alpha value is -2.63. The van der Waals surface area contributed by atoms with E-state index in [4.69, 9.17) is 18.9 Å². The van der Waals surface area contributed by atoms with Crippen LogP contribution in [-0.4, -0.2) is 89.6 Å². The van der Waals surface area contributed by atoms with Crippen LogP contribution in [0.3, 0.4) is 0 Å². The molecular weight excluding hydrogens is 841 g/mol. The molecule has 0 aromatic carbocycles. The molecule has 9 heteroatoms. The largest absolute Gasteiger partial charge is 0.457 e. The average Bonchev–Trinajstić information content (AvgIpc) is 3.33. The quantitative estimate of drug-likeness (QED) is 0.0267. The third kappa shape index (κ3) is 38.9. The summed E-state index contributed by atoms with van der Waals surface area (Å²) in [5.41, 5.74) is 0. The number of esters is 1. The van der Waals surface area contributed by atoms with Gasteiger partial charge in [-0.2, -0.15) is 0 Å². The molecule has 67 heavy (non-hydrogen) atoms. The third-order valence-corrected chi connectivity index (χ3v) is 12.0. The van der Waals surface area contributed by atoms with Gasteiger partial charge < -0.3 is 39.4 Å². The number of allylic oxidation sites excluding steroid dienone is 14. The molecule has 0 amide bonds. The number of hydrogen-bond donors (Lipinski definition) is 4. The molecular formula is C58H100O9. The van der Waals surface area contributed by atoms with Gasteiger partial charge in [-0.15, -0.1) is 0 Å². The van der Waals surface area contributed by atoms with E-state index in [1.807, 2.05) is 0 Å². The second-order valence-electron chi connectivity index (χ2n) is 18.3. The van der Waals surface area contributed by atoms with E-state index in [0.717, 1.165) is 89.9 Å². The van der Waals surface area contributed by atoms with Gasteiger partial charge in [-0.3, -0.25) is 4.79 Å². The zero-order valence-corrected chi connectivity index (χ0v) is 42.6. The summed E-state index contributed by atoms with van der Waals surface area (Å²) in [6.07, 6.45) is 59.0. The molecule has 9 nitrogen and oxygen atoms in total. The third-order valence-electron chi connectivity index (χ3n) is 12.0.